The van der Waals surface area contributed by atoms with Gasteiger partial charge in [0.15, 0.2) is 0 Å². The lowest BCUT2D eigenvalue weighted by molar-refractivity contribution is -0.137. The number of hydrogen-bond donors (Lipinski definition) is 1. The van der Waals surface area contributed by atoms with Gasteiger partial charge in [-0.15, -0.1) is 0 Å². The molecular formula is C14H16F3N3O2. The van der Waals surface area contributed by atoms with E-state index in [-0.39, 0.29) is 11.2 Å². The predicted molar refractivity (Wildman–Crippen MR) is 72.3 cm³/mol. The minimum Gasteiger partial charge on any atom is -0.381 e. The van der Waals surface area contributed by atoms with E-state index < -0.39 is 17.8 Å². The van der Waals surface area contributed by atoms with Gasteiger partial charge >= 0.3 is 12.2 Å². The SMILES string of the molecule is O=C(Nc1cc(C(F)(F)F)ccn1)N1CC2(CCOCC2)C1. The topological polar surface area (TPSA) is 54.5 Å². The summed E-state index contributed by atoms with van der Waals surface area (Å²) >= 11 is 0. The summed E-state index contributed by atoms with van der Waals surface area (Å²) in [5.41, 5.74) is -0.709. The van der Waals surface area contributed by atoms with Gasteiger partial charge in [-0.05, 0) is 25.0 Å². The summed E-state index contributed by atoms with van der Waals surface area (Å²) in [6.07, 6.45) is -1.59. The fourth-order valence-electron chi connectivity index (χ4n) is 2.89. The summed E-state index contributed by atoms with van der Waals surface area (Å²) in [6, 6.07) is 1.29. The number of hydrogen-bond acceptors (Lipinski definition) is 3. The number of likely N-dealkylation sites (tertiary alicyclic amines) is 1. The molecule has 0 atom stereocenters. The van der Waals surface area contributed by atoms with E-state index in [1.165, 1.54) is 0 Å². The maximum absolute atomic E-state index is 12.6. The number of anilines is 1. The molecule has 120 valence electrons. The molecule has 22 heavy (non-hydrogen) atoms. The zero-order chi connectivity index (χ0) is 15.8. The molecule has 5 nitrogen and oxygen atoms in total. The lowest BCUT2D eigenvalue weighted by atomic mass is 9.73. The summed E-state index contributed by atoms with van der Waals surface area (Å²) in [4.78, 5) is 17.4. The number of urea groups is 1. The van der Waals surface area contributed by atoms with E-state index in [0.717, 1.165) is 31.2 Å². The van der Waals surface area contributed by atoms with Gasteiger partial charge in [0.1, 0.15) is 5.82 Å². The highest BCUT2D eigenvalue weighted by Crippen LogP contribution is 2.40. The zero-order valence-electron chi connectivity index (χ0n) is 11.8. The summed E-state index contributed by atoms with van der Waals surface area (Å²) < 4.78 is 43.2. The first-order valence-electron chi connectivity index (χ1n) is 7.05. The minimum absolute atomic E-state index is 0.0900. The number of nitrogens with one attached hydrogen (secondary N) is 1. The molecule has 2 fully saturated rings. The second-order valence-electron chi connectivity index (χ2n) is 5.83. The van der Waals surface area contributed by atoms with Crippen LogP contribution in [0.15, 0.2) is 18.3 Å². The molecule has 1 aromatic heterocycles. The second-order valence-corrected chi connectivity index (χ2v) is 5.83. The van der Waals surface area contributed by atoms with Gasteiger partial charge in [-0.1, -0.05) is 0 Å². The molecule has 0 bridgehead atoms. The molecule has 3 heterocycles. The van der Waals surface area contributed by atoms with Gasteiger partial charge in [-0.2, -0.15) is 13.2 Å². The maximum Gasteiger partial charge on any atom is 0.416 e. The van der Waals surface area contributed by atoms with Crippen LogP contribution in [0.2, 0.25) is 0 Å². The van der Waals surface area contributed by atoms with Crippen molar-refractivity contribution in [1.82, 2.24) is 9.88 Å². The molecular weight excluding hydrogens is 299 g/mol. The Morgan fingerprint density at radius 2 is 2.00 bits per heavy atom. The van der Waals surface area contributed by atoms with E-state index in [1.807, 2.05) is 0 Å². The molecule has 2 aliphatic heterocycles. The number of alkyl halides is 3. The normalized spacial score (nSPS) is 20.6. The quantitative estimate of drug-likeness (QED) is 0.867. The Morgan fingerprint density at radius 1 is 1.32 bits per heavy atom. The van der Waals surface area contributed by atoms with Crippen LogP contribution in [0.3, 0.4) is 0 Å². The van der Waals surface area contributed by atoms with Crippen LogP contribution >= 0.6 is 0 Å². The number of aromatic nitrogens is 1. The lowest BCUT2D eigenvalue weighted by Gasteiger charge is -2.51. The highest BCUT2D eigenvalue weighted by atomic mass is 19.4. The van der Waals surface area contributed by atoms with Crippen molar-refractivity contribution in [3.63, 3.8) is 0 Å². The fraction of sp³-hybridized carbons (Fsp3) is 0.571. The molecule has 2 amide bonds. The number of amides is 2. The number of carbonyl (C=O) groups is 1. The van der Waals surface area contributed by atoms with Crippen molar-refractivity contribution in [3.8, 4) is 0 Å². The molecule has 3 rings (SSSR count). The average molecular weight is 315 g/mol. The Bertz CT molecular complexity index is 563. The molecule has 0 aromatic carbocycles. The predicted octanol–water partition coefficient (Wildman–Crippen LogP) is 2.74. The van der Waals surface area contributed by atoms with Crippen molar-refractivity contribution in [1.29, 1.82) is 0 Å². The van der Waals surface area contributed by atoms with E-state index in [0.29, 0.717) is 26.3 Å². The first kappa shape index (κ1) is 15.1. The van der Waals surface area contributed by atoms with Gasteiger partial charge < -0.3 is 9.64 Å². The van der Waals surface area contributed by atoms with E-state index in [2.05, 4.69) is 10.3 Å². The summed E-state index contributed by atoms with van der Waals surface area (Å²) in [5, 5.41) is 2.42. The van der Waals surface area contributed by atoms with Crippen LogP contribution in [0.5, 0.6) is 0 Å². The van der Waals surface area contributed by atoms with Crippen LogP contribution in [-0.2, 0) is 10.9 Å². The summed E-state index contributed by atoms with van der Waals surface area (Å²) in [7, 11) is 0. The van der Waals surface area contributed by atoms with Crippen molar-refractivity contribution >= 4 is 11.8 Å². The largest absolute Gasteiger partial charge is 0.416 e. The van der Waals surface area contributed by atoms with Crippen molar-refractivity contribution in [3.05, 3.63) is 23.9 Å². The number of halogens is 3. The van der Waals surface area contributed by atoms with Gasteiger partial charge in [-0.25, -0.2) is 9.78 Å². The highest BCUT2D eigenvalue weighted by Gasteiger charge is 2.45. The molecule has 0 saturated carbocycles. The lowest BCUT2D eigenvalue weighted by Crippen LogP contribution is -2.61. The summed E-state index contributed by atoms with van der Waals surface area (Å²) in [5.74, 6) is -0.0900. The van der Waals surface area contributed by atoms with Crippen LogP contribution in [0, 0.1) is 5.41 Å². The third-order valence-corrected chi connectivity index (χ3v) is 4.22. The smallest absolute Gasteiger partial charge is 0.381 e. The molecule has 0 unspecified atom stereocenters. The molecule has 1 spiro atoms. The van der Waals surface area contributed by atoms with Crippen LogP contribution < -0.4 is 5.32 Å². The minimum atomic E-state index is -4.45. The van der Waals surface area contributed by atoms with E-state index >= 15 is 0 Å². The zero-order valence-corrected chi connectivity index (χ0v) is 11.8. The van der Waals surface area contributed by atoms with Gasteiger partial charge in [0.25, 0.3) is 0 Å². The Balaban J connectivity index is 1.59. The first-order chi connectivity index (χ1) is 10.4. The monoisotopic (exact) mass is 315 g/mol. The van der Waals surface area contributed by atoms with E-state index in [4.69, 9.17) is 4.74 Å². The Kier molecular flexibility index (Phi) is 3.72. The Labute approximate surface area is 125 Å². The van der Waals surface area contributed by atoms with E-state index in [9.17, 15) is 18.0 Å². The van der Waals surface area contributed by atoms with Crippen molar-refractivity contribution in [2.75, 3.05) is 31.6 Å². The molecule has 8 heteroatoms. The fourth-order valence-corrected chi connectivity index (χ4v) is 2.89. The highest BCUT2D eigenvalue weighted by molar-refractivity contribution is 5.89. The molecule has 1 aromatic rings. The van der Waals surface area contributed by atoms with Gasteiger partial charge in [0, 0.05) is 37.9 Å². The van der Waals surface area contributed by atoms with Gasteiger partial charge in [-0.3, -0.25) is 5.32 Å². The van der Waals surface area contributed by atoms with Crippen LogP contribution in [0.1, 0.15) is 18.4 Å². The standard InChI is InChI=1S/C14H16F3N3O2/c15-14(16,17)10-1-4-18-11(7-10)19-12(21)20-8-13(9-20)2-5-22-6-3-13/h1,4,7H,2-3,5-6,8-9H2,(H,18,19,21). The van der Waals surface area contributed by atoms with Crippen molar-refractivity contribution in [2.24, 2.45) is 5.41 Å². The van der Waals surface area contributed by atoms with Crippen molar-refractivity contribution < 1.29 is 22.7 Å². The number of rotatable bonds is 1. The molecule has 1 N–H and O–H groups in total. The van der Waals surface area contributed by atoms with Gasteiger partial charge in [0.05, 0.1) is 5.56 Å². The summed E-state index contributed by atoms with van der Waals surface area (Å²) in [6.45, 7) is 2.62. The number of pyridine rings is 1. The maximum atomic E-state index is 12.6. The van der Waals surface area contributed by atoms with Gasteiger partial charge in [0.2, 0.25) is 0 Å². The third-order valence-electron chi connectivity index (χ3n) is 4.22. The Hall–Kier alpha value is -1.83. The van der Waals surface area contributed by atoms with Crippen molar-refractivity contribution in [2.45, 2.75) is 19.0 Å². The van der Waals surface area contributed by atoms with E-state index in [1.54, 1.807) is 4.90 Å². The Morgan fingerprint density at radius 3 is 2.64 bits per heavy atom. The number of carbonyl (C=O) groups excluding carboxylic acids is 1. The second kappa shape index (κ2) is 5.42. The first-order valence-corrected chi connectivity index (χ1v) is 7.05. The molecule has 2 saturated heterocycles. The molecule has 0 radical (unpaired) electrons. The number of nitrogens with zero attached hydrogens (tertiary/aromatic N) is 2. The third kappa shape index (κ3) is 3.01. The van der Waals surface area contributed by atoms with Crippen LogP contribution in [0.4, 0.5) is 23.8 Å². The van der Waals surface area contributed by atoms with Crippen LogP contribution in [-0.4, -0.2) is 42.2 Å². The molecule has 2 aliphatic rings. The van der Waals surface area contributed by atoms with Crippen LogP contribution in [0.25, 0.3) is 0 Å². The average Bonchev–Trinajstić information content (AvgIpc) is 2.45. The molecule has 0 aliphatic carbocycles. The number of ether oxygens (including phenoxy) is 1.